The minimum atomic E-state index is -0.951. The lowest BCUT2D eigenvalue weighted by Crippen LogP contribution is -1.91. The summed E-state index contributed by atoms with van der Waals surface area (Å²) >= 11 is 1.44. The molecule has 0 saturated carbocycles. The molecule has 2 heterocycles. The molecule has 6 heteroatoms. The SMILES string of the molecule is CCOCc1cn2cc(C=CC(=O)O)sc2n1. The third kappa shape index (κ3) is 2.92. The number of carboxylic acid groups (broad SMARTS) is 1. The maximum absolute atomic E-state index is 10.4. The van der Waals surface area contributed by atoms with Gasteiger partial charge in [-0.2, -0.15) is 0 Å². The molecule has 0 aliphatic heterocycles. The number of thiazole rings is 1. The Hall–Kier alpha value is -1.66. The summed E-state index contributed by atoms with van der Waals surface area (Å²) in [6.45, 7) is 3.11. The highest BCUT2D eigenvalue weighted by atomic mass is 32.1. The fraction of sp³-hybridized carbons (Fsp3) is 0.273. The van der Waals surface area contributed by atoms with Crippen LogP contribution in [-0.2, 0) is 16.1 Å². The number of imidazole rings is 1. The van der Waals surface area contributed by atoms with Crippen molar-refractivity contribution in [1.29, 1.82) is 0 Å². The van der Waals surface area contributed by atoms with E-state index in [1.54, 1.807) is 6.08 Å². The average molecular weight is 252 g/mol. The second-order valence-electron chi connectivity index (χ2n) is 3.36. The van der Waals surface area contributed by atoms with Crippen LogP contribution in [0, 0.1) is 0 Å². The molecule has 90 valence electrons. The number of aliphatic carboxylic acids is 1. The van der Waals surface area contributed by atoms with Crippen molar-refractivity contribution in [1.82, 2.24) is 9.38 Å². The van der Waals surface area contributed by atoms with Crippen molar-refractivity contribution >= 4 is 28.3 Å². The van der Waals surface area contributed by atoms with Crippen molar-refractivity contribution in [2.24, 2.45) is 0 Å². The van der Waals surface area contributed by atoms with Crippen LogP contribution in [-0.4, -0.2) is 27.1 Å². The van der Waals surface area contributed by atoms with Gasteiger partial charge in [0.15, 0.2) is 4.96 Å². The number of nitrogens with zero attached hydrogens (tertiary/aromatic N) is 2. The van der Waals surface area contributed by atoms with Gasteiger partial charge in [-0.1, -0.05) is 11.3 Å². The Kier molecular flexibility index (Phi) is 3.55. The monoisotopic (exact) mass is 252 g/mol. The van der Waals surface area contributed by atoms with Crippen LogP contribution in [0.15, 0.2) is 18.5 Å². The molecule has 0 amide bonds. The van der Waals surface area contributed by atoms with E-state index in [0.717, 1.165) is 21.6 Å². The Morgan fingerprint density at radius 3 is 3.12 bits per heavy atom. The van der Waals surface area contributed by atoms with E-state index in [2.05, 4.69) is 4.98 Å². The number of aromatic nitrogens is 2. The highest BCUT2D eigenvalue weighted by Gasteiger charge is 2.05. The summed E-state index contributed by atoms with van der Waals surface area (Å²) in [6, 6.07) is 0. The predicted molar refractivity (Wildman–Crippen MR) is 65.1 cm³/mol. The average Bonchev–Trinajstić information content (AvgIpc) is 2.80. The van der Waals surface area contributed by atoms with Crippen LogP contribution in [0.25, 0.3) is 11.0 Å². The molecule has 0 bridgehead atoms. The number of hydrogen-bond donors (Lipinski definition) is 1. The maximum atomic E-state index is 10.4. The smallest absolute Gasteiger partial charge is 0.328 e. The molecule has 0 aromatic carbocycles. The van der Waals surface area contributed by atoms with Crippen molar-refractivity contribution in [3.05, 3.63) is 29.0 Å². The maximum Gasteiger partial charge on any atom is 0.328 e. The van der Waals surface area contributed by atoms with Crippen LogP contribution in [0.5, 0.6) is 0 Å². The molecular weight excluding hydrogens is 240 g/mol. The van der Waals surface area contributed by atoms with Gasteiger partial charge < -0.3 is 9.84 Å². The van der Waals surface area contributed by atoms with Crippen LogP contribution in [0.1, 0.15) is 17.5 Å². The summed E-state index contributed by atoms with van der Waals surface area (Å²) in [6.07, 6.45) is 6.41. The fourth-order valence-corrected chi connectivity index (χ4v) is 2.26. The summed E-state index contributed by atoms with van der Waals surface area (Å²) in [5, 5.41) is 8.52. The van der Waals surface area contributed by atoms with E-state index in [0.29, 0.717) is 13.2 Å². The van der Waals surface area contributed by atoms with Crippen LogP contribution >= 0.6 is 11.3 Å². The predicted octanol–water partition coefficient (Wildman–Crippen LogP) is 2.03. The third-order valence-electron chi connectivity index (χ3n) is 2.07. The first kappa shape index (κ1) is 11.8. The van der Waals surface area contributed by atoms with Gasteiger partial charge in [0.1, 0.15) is 0 Å². The Morgan fingerprint density at radius 2 is 2.47 bits per heavy atom. The first-order valence-corrected chi connectivity index (χ1v) is 5.97. The lowest BCUT2D eigenvalue weighted by molar-refractivity contribution is -0.131. The molecule has 0 atom stereocenters. The zero-order chi connectivity index (χ0) is 12.3. The topological polar surface area (TPSA) is 63.8 Å². The van der Waals surface area contributed by atoms with E-state index in [1.165, 1.54) is 11.3 Å². The van der Waals surface area contributed by atoms with Gasteiger partial charge in [-0.25, -0.2) is 9.78 Å². The molecule has 0 aliphatic rings. The first-order chi connectivity index (χ1) is 8.19. The van der Waals surface area contributed by atoms with E-state index in [-0.39, 0.29) is 0 Å². The van der Waals surface area contributed by atoms with E-state index in [9.17, 15) is 4.79 Å². The number of carboxylic acids is 1. The van der Waals surface area contributed by atoms with Crippen molar-refractivity contribution < 1.29 is 14.6 Å². The fourth-order valence-electron chi connectivity index (χ4n) is 1.37. The first-order valence-electron chi connectivity index (χ1n) is 5.15. The highest BCUT2D eigenvalue weighted by molar-refractivity contribution is 7.17. The zero-order valence-corrected chi connectivity index (χ0v) is 10.1. The number of rotatable bonds is 5. The Bertz CT molecular complexity index is 525. The van der Waals surface area contributed by atoms with Gasteiger partial charge in [0.25, 0.3) is 0 Å². The van der Waals surface area contributed by atoms with E-state index < -0.39 is 5.97 Å². The number of ether oxygens (including phenoxy) is 1. The van der Waals surface area contributed by atoms with Gasteiger partial charge in [-0.05, 0) is 13.0 Å². The Morgan fingerprint density at radius 1 is 1.65 bits per heavy atom. The van der Waals surface area contributed by atoms with Gasteiger partial charge in [-0.3, -0.25) is 4.40 Å². The lowest BCUT2D eigenvalue weighted by Gasteiger charge is -1.94. The van der Waals surface area contributed by atoms with Crippen LogP contribution in [0.2, 0.25) is 0 Å². The molecule has 2 aromatic rings. The van der Waals surface area contributed by atoms with E-state index in [4.69, 9.17) is 9.84 Å². The molecule has 2 rings (SSSR count). The summed E-state index contributed by atoms with van der Waals surface area (Å²) in [4.78, 5) is 16.4. The quantitative estimate of drug-likeness (QED) is 0.827. The van der Waals surface area contributed by atoms with Gasteiger partial charge in [0.05, 0.1) is 12.3 Å². The summed E-state index contributed by atoms with van der Waals surface area (Å²) in [5.74, 6) is -0.951. The second kappa shape index (κ2) is 5.11. The zero-order valence-electron chi connectivity index (χ0n) is 9.29. The summed E-state index contributed by atoms with van der Waals surface area (Å²) < 4.78 is 7.14. The van der Waals surface area contributed by atoms with Gasteiger partial charge in [0, 0.05) is 30.0 Å². The van der Waals surface area contributed by atoms with Gasteiger partial charge in [-0.15, -0.1) is 0 Å². The normalized spacial score (nSPS) is 11.6. The van der Waals surface area contributed by atoms with E-state index in [1.807, 2.05) is 23.7 Å². The summed E-state index contributed by atoms with van der Waals surface area (Å²) in [7, 11) is 0. The largest absolute Gasteiger partial charge is 0.478 e. The van der Waals surface area contributed by atoms with Crippen LogP contribution in [0.3, 0.4) is 0 Å². The van der Waals surface area contributed by atoms with Gasteiger partial charge >= 0.3 is 5.97 Å². The molecule has 0 fully saturated rings. The molecule has 0 unspecified atom stereocenters. The van der Waals surface area contributed by atoms with Gasteiger partial charge in [0.2, 0.25) is 0 Å². The molecule has 1 N–H and O–H groups in total. The number of fused-ring (bicyclic) bond motifs is 1. The van der Waals surface area contributed by atoms with Crippen molar-refractivity contribution in [3.8, 4) is 0 Å². The number of carbonyl (C=O) groups is 1. The van der Waals surface area contributed by atoms with Crippen molar-refractivity contribution in [2.45, 2.75) is 13.5 Å². The Labute approximate surface area is 102 Å². The third-order valence-corrected chi connectivity index (χ3v) is 3.03. The summed E-state index contributed by atoms with van der Waals surface area (Å²) in [5.41, 5.74) is 0.881. The minimum absolute atomic E-state index is 0.505. The molecule has 0 saturated heterocycles. The molecule has 0 spiro atoms. The van der Waals surface area contributed by atoms with Crippen LogP contribution in [0.4, 0.5) is 0 Å². The van der Waals surface area contributed by atoms with Crippen molar-refractivity contribution in [3.63, 3.8) is 0 Å². The molecule has 0 radical (unpaired) electrons. The molecule has 2 aromatic heterocycles. The highest BCUT2D eigenvalue weighted by Crippen LogP contribution is 2.19. The second-order valence-corrected chi connectivity index (χ2v) is 4.40. The standard InChI is InChI=1S/C11H12N2O3S/c1-2-16-7-8-5-13-6-9(3-4-10(14)15)17-11(13)12-8/h3-6H,2,7H2,1H3,(H,14,15). The lowest BCUT2D eigenvalue weighted by atomic mass is 10.4. The van der Waals surface area contributed by atoms with Crippen molar-refractivity contribution in [2.75, 3.05) is 6.61 Å². The number of hydrogen-bond acceptors (Lipinski definition) is 4. The van der Waals surface area contributed by atoms with Crippen LogP contribution < -0.4 is 0 Å². The van der Waals surface area contributed by atoms with E-state index >= 15 is 0 Å². The Balaban J connectivity index is 2.16. The molecular formula is C11H12N2O3S. The molecule has 0 aliphatic carbocycles. The molecule has 5 nitrogen and oxygen atoms in total. The molecule has 17 heavy (non-hydrogen) atoms. The minimum Gasteiger partial charge on any atom is -0.478 e.